The van der Waals surface area contributed by atoms with Gasteiger partial charge in [0, 0.05) is 29.6 Å². The molecule has 1 saturated carbocycles. The van der Waals surface area contributed by atoms with Crippen LogP contribution in [0.1, 0.15) is 91.3 Å². The normalized spacial score (nSPS) is 19.6. The Morgan fingerprint density at radius 3 is 2.26 bits per heavy atom. The number of ether oxygens (including phenoxy) is 1. The summed E-state index contributed by atoms with van der Waals surface area (Å²) >= 11 is 0. The van der Waals surface area contributed by atoms with Gasteiger partial charge >= 0.3 is 18.1 Å². The summed E-state index contributed by atoms with van der Waals surface area (Å²) in [5.74, 6) is -3.09. The predicted octanol–water partition coefficient (Wildman–Crippen LogP) is 7.63. The van der Waals surface area contributed by atoms with Gasteiger partial charge in [0.15, 0.2) is 0 Å². The molecule has 2 N–H and O–H groups in total. The lowest BCUT2D eigenvalue weighted by atomic mass is 9.81. The predicted molar refractivity (Wildman–Crippen MR) is 157 cm³/mol. The van der Waals surface area contributed by atoms with Crippen molar-refractivity contribution in [2.75, 3.05) is 26.2 Å². The molecule has 232 valence electrons. The number of aryl methyl sites for hydroxylation is 1. The van der Waals surface area contributed by atoms with Crippen molar-refractivity contribution < 1.29 is 37.7 Å². The molecule has 2 fully saturated rings. The molecular formula is C33H39F3N2O5. The number of carboxylic acid groups (broad SMARTS) is 2. The van der Waals surface area contributed by atoms with Gasteiger partial charge in [-0.05, 0) is 80.8 Å². The molecule has 2 aromatic carbocycles. The molecule has 3 aliphatic rings. The molecule has 2 aliphatic heterocycles. The average molecular weight is 601 g/mol. The average Bonchev–Trinajstić information content (AvgIpc) is 3.61. The zero-order chi connectivity index (χ0) is 30.6. The molecule has 6 rings (SSSR count). The van der Waals surface area contributed by atoms with E-state index in [1.807, 2.05) is 6.07 Å². The van der Waals surface area contributed by atoms with E-state index in [1.54, 1.807) is 6.07 Å². The summed E-state index contributed by atoms with van der Waals surface area (Å²) in [6.45, 7) is 5.09. The van der Waals surface area contributed by atoms with Gasteiger partial charge in [-0.1, -0.05) is 49.6 Å². The van der Waals surface area contributed by atoms with Gasteiger partial charge < -0.3 is 24.4 Å². The summed E-state index contributed by atoms with van der Waals surface area (Å²) in [7, 11) is 0. The van der Waals surface area contributed by atoms with Crippen LogP contribution in [0.25, 0.3) is 22.2 Å². The van der Waals surface area contributed by atoms with Crippen molar-refractivity contribution in [2.24, 2.45) is 0 Å². The van der Waals surface area contributed by atoms with E-state index >= 15 is 0 Å². The molecule has 0 amide bonds. The number of hydrogen-bond acceptors (Lipinski definition) is 4. The number of benzene rings is 2. The molecule has 1 saturated heterocycles. The SMILES string of the molecule is O=C(O)C(F)(F)F.O=C(O)c1ccc2c(C3CCCCC3)c3n(c2c1)CCCC(OCCN1CCCC1)c1ccccc1-3. The lowest BCUT2D eigenvalue weighted by Gasteiger charge is -2.28. The Kier molecular flexibility index (Phi) is 9.76. The Bertz CT molecular complexity index is 1440. The van der Waals surface area contributed by atoms with Crippen molar-refractivity contribution in [3.63, 3.8) is 0 Å². The van der Waals surface area contributed by atoms with Crippen LogP contribution in [0.2, 0.25) is 0 Å². The molecule has 1 unspecified atom stereocenters. The van der Waals surface area contributed by atoms with Crippen LogP contribution in [0.4, 0.5) is 13.2 Å². The quantitative estimate of drug-likeness (QED) is 0.302. The number of hydrogen-bond donors (Lipinski definition) is 2. The van der Waals surface area contributed by atoms with E-state index < -0.39 is 18.1 Å². The van der Waals surface area contributed by atoms with Crippen molar-refractivity contribution in [3.05, 3.63) is 59.2 Å². The van der Waals surface area contributed by atoms with Crippen LogP contribution >= 0.6 is 0 Å². The zero-order valence-electron chi connectivity index (χ0n) is 24.2. The second-order valence-corrected chi connectivity index (χ2v) is 11.7. The summed E-state index contributed by atoms with van der Waals surface area (Å²) in [6.07, 6.45) is 5.92. The standard InChI is InChI=1S/C31H38N2O3.C2HF3O2/c34-31(35)23-14-15-26-27(21-23)33-18-8-13-28(36-20-19-32-16-6-7-17-32)24-11-4-5-12-25(24)30(33)29(26)22-9-2-1-3-10-22;3-2(4,5)1(6)7/h4-5,11-12,14-15,21-22,28H,1-3,6-10,13,16-20H2,(H,34,35);(H,6,7). The molecule has 1 atom stereocenters. The summed E-state index contributed by atoms with van der Waals surface area (Å²) in [6, 6.07) is 14.6. The van der Waals surface area contributed by atoms with Crippen molar-refractivity contribution in [1.82, 2.24) is 9.47 Å². The molecule has 1 aromatic heterocycles. The van der Waals surface area contributed by atoms with Crippen LogP contribution in [0.3, 0.4) is 0 Å². The lowest BCUT2D eigenvalue weighted by molar-refractivity contribution is -0.192. The van der Waals surface area contributed by atoms with Crippen LogP contribution in [-0.2, 0) is 16.1 Å². The molecule has 1 aliphatic carbocycles. The molecule has 0 radical (unpaired) electrons. The van der Waals surface area contributed by atoms with E-state index in [-0.39, 0.29) is 6.10 Å². The first-order valence-corrected chi connectivity index (χ1v) is 15.3. The largest absolute Gasteiger partial charge is 0.490 e. The number of alkyl halides is 3. The second-order valence-electron chi connectivity index (χ2n) is 11.7. The maximum atomic E-state index is 11.9. The number of aliphatic carboxylic acids is 1. The number of carboxylic acids is 2. The number of rotatable bonds is 6. The molecule has 43 heavy (non-hydrogen) atoms. The first-order chi connectivity index (χ1) is 20.6. The van der Waals surface area contributed by atoms with Crippen LogP contribution < -0.4 is 0 Å². The van der Waals surface area contributed by atoms with Crippen LogP contribution in [0.5, 0.6) is 0 Å². The number of likely N-dealkylation sites (tertiary alicyclic amines) is 1. The highest BCUT2D eigenvalue weighted by Crippen LogP contribution is 2.47. The molecule has 7 nitrogen and oxygen atoms in total. The van der Waals surface area contributed by atoms with Gasteiger partial charge in [-0.15, -0.1) is 0 Å². The molecule has 0 bridgehead atoms. The van der Waals surface area contributed by atoms with Crippen molar-refractivity contribution >= 4 is 22.8 Å². The highest BCUT2D eigenvalue weighted by molar-refractivity contribution is 5.98. The Hall–Kier alpha value is -3.37. The van der Waals surface area contributed by atoms with Gasteiger partial charge in [0.1, 0.15) is 0 Å². The Morgan fingerprint density at radius 1 is 0.884 bits per heavy atom. The van der Waals surface area contributed by atoms with Gasteiger partial charge in [-0.3, -0.25) is 0 Å². The lowest BCUT2D eigenvalue weighted by Crippen LogP contribution is -2.25. The van der Waals surface area contributed by atoms with Crippen LogP contribution in [0, 0.1) is 0 Å². The Labute approximate surface area is 249 Å². The van der Waals surface area contributed by atoms with E-state index in [0.29, 0.717) is 11.5 Å². The number of nitrogens with zero attached hydrogens (tertiary/aromatic N) is 2. The first-order valence-electron chi connectivity index (χ1n) is 15.3. The van der Waals surface area contributed by atoms with E-state index in [2.05, 4.69) is 39.8 Å². The third-order valence-electron chi connectivity index (χ3n) is 8.94. The number of aromatic nitrogens is 1. The molecule has 0 spiro atoms. The first kappa shape index (κ1) is 31.1. The fraction of sp³-hybridized carbons (Fsp3) is 0.515. The van der Waals surface area contributed by atoms with Crippen molar-refractivity contribution in [1.29, 1.82) is 0 Å². The van der Waals surface area contributed by atoms with E-state index in [1.165, 1.54) is 85.8 Å². The third-order valence-corrected chi connectivity index (χ3v) is 8.94. The molecular weight excluding hydrogens is 561 g/mol. The number of fused-ring (bicyclic) bond motifs is 5. The van der Waals surface area contributed by atoms with Gasteiger partial charge in [-0.2, -0.15) is 13.2 Å². The second kappa shape index (κ2) is 13.5. The van der Waals surface area contributed by atoms with Gasteiger partial charge in [0.25, 0.3) is 0 Å². The fourth-order valence-corrected chi connectivity index (χ4v) is 6.92. The maximum absolute atomic E-state index is 11.9. The summed E-state index contributed by atoms with van der Waals surface area (Å²) in [5.41, 5.74) is 6.76. The number of carbonyl (C=O) groups is 2. The van der Waals surface area contributed by atoms with E-state index in [0.717, 1.165) is 38.1 Å². The highest BCUT2D eigenvalue weighted by Gasteiger charge is 2.38. The van der Waals surface area contributed by atoms with Gasteiger partial charge in [0.05, 0.1) is 24.0 Å². The molecule has 10 heteroatoms. The number of halogens is 3. The van der Waals surface area contributed by atoms with Crippen LogP contribution in [0.15, 0.2) is 42.5 Å². The van der Waals surface area contributed by atoms with Crippen molar-refractivity contribution in [2.45, 2.75) is 82.5 Å². The van der Waals surface area contributed by atoms with Crippen LogP contribution in [-0.4, -0.2) is 64.0 Å². The summed E-state index contributed by atoms with van der Waals surface area (Å²) in [5, 5.41) is 18.1. The fourth-order valence-electron chi connectivity index (χ4n) is 6.92. The highest BCUT2D eigenvalue weighted by atomic mass is 19.4. The Morgan fingerprint density at radius 2 is 1.58 bits per heavy atom. The van der Waals surface area contributed by atoms with Gasteiger partial charge in [-0.25, -0.2) is 9.59 Å². The minimum atomic E-state index is -5.08. The summed E-state index contributed by atoms with van der Waals surface area (Å²) in [4.78, 5) is 23.3. The minimum absolute atomic E-state index is 0.101. The van der Waals surface area contributed by atoms with Gasteiger partial charge in [0.2, 0.25) is 0 Å². The summed E-state index contributed by atoms with van der Waals surface area (Å²) < 4.78 is 40.8. The van der Waals surface area contributed by atoms with E-state index in [4.69, 9.17) is 14.6 Å². The third kappa shape index (κ3) is 7.07. The number of aromatic carboxylic acids is 1. The monoisotopic (exact) mass is 600 g/mol. The molecule has 3 heterocycles. The molecule has 3 aromatic rings. The smallest absolute Gasteiger partial charge is 0.478 e. The maximum Gasteiger partial charge on any atom is 0.490 e. The van der Waals surface area contributed by atoms with Crippen molar-refractivity contribution in [3.8, 4) is 11.3 Å². The Balaban J connectivity index is 0.000000472. The van der Waals surface area contributed by atoms with E-state index in [9.17, 15) is 23.1 Å². The minimum Gasteiger partial charge on any atom is -0.478 e. The topological polar surface area (TPSA) is 92.0 Å². The zero-order valence-corrected chi connectivity index (χ0v) is 24.2.